The van der Waals surface area contributed by atoms with Gasteiger partial charge < -0.3 is 20.1 Å². The first-order valence-electron chi connectivity index (χ1n) is 8.46. The maximum atomic E-state index is 12.1. The Bertz CT molecular complexity index is 774. The van der Waals surface area contributed by atoms with Crippen molar-refractivity contribution >= 4 is 17.5 Å². The van der Waals surface area contributed by atoms with E-state index in [9.17, 15) is 9.59 Å². The summed E-state index contributed by atoms with van der Waals surface area (Å²) in [6, 6.07) is 12.9. The van der Waals surface area contributed by atoms with Crippen molar-refractivity contribution in [3.8, 4) is 11.5 Å². The van der Waals surface area contributed by atoms with Crippen LogP contribution in [0.5, 0.6) is 11.5 Å². The molecule has 26 heavy (non-hydrogen) atoms. The van der Waals surface area contributed by atoms with Crippen molar-refractivity contribution in [1.82, 2.24) is 5.32 Å². The molecule has 0 bridgehead atoms. The number of ether oxygens (including phenoxy) is 2. The van der Waals surface area contributed by atoms with E-state index in [0.717, 1.165) is 23.2 Å². The molecule has 6 heteroatoms. The van der Waals surface area contributed by atoms with Crippen molar-refractivity contribution < 1.29 is 19.1 Å². The highest BCUT2D eigenvalue weighted by Gasteiger charge is 2.11. The van der Waals surface area contributed by atoms with Crippen molar-refractivity contribution in [2.24, 2.45) is 0 Å². The van der Waals surface area contributed by atoms with Crippen LogP contribution in [0.2, 0.25) is 0 Å². The van der Waals surface area contributed by atoms with Gasteiger partial charge in [-0.1, -0.05) is 37.3 Å². The van der Waals surface area contributed by atoms with E-state index in [1.165, 1.54) is 7.11 Å². The highest BCUT2D eigenvalue weighted by Crippen LogP contribution is 2.25. The first-order valence-corrected chi connectivity index (χ1v) is 8.46. The van der Waals surface area contributed by atoms with Crippen LogP contribution in [0.15, 0.2) is 42.5 Å². The van der Waals surface area contributed by atoms with Crippen LogP contribution < -0.4 is 20.1 Å². The van der Waals surface area contributed by atoms with Gasteiger partial charge in [-0.2, -0.15) is 0 Å². The lowest BCUT2D eigenvalue weighted by Gasteiger charge is -2.13. The maximum absolute atomic E-state index is 12.1. The lowest BCUT2D eigenvalue weighted by molar-refractivity contribution is -0.125. The summed E-state index contributed by atoms with van der Waals surface area (Å²) >= 11 is 0. The van der Waals surface area contributed by atoms with Gasteiger partial charge in [0, 0.05) is 5.69 Å². The molecule has 0 saturated carbocycles. The molecule has 2 N–H and O–H groups in total. The molecule has 6 nitrogen and oxygen atoms in total. The molecule has 2 aromatic rings. The predicted octanol–water partition coefficient (Wildman–Crippen LogP) is 2.70. The first-order chi connectivity index (χ1) is 12.5. The minimum absolute atomic E-state index is 0.119. The van der Waals surface area contributed by atoms with Crippen molar-refractivity contribution in [3.63, 3.8) is 0 Å². The molecule has 0 saturated heterocycles. The number of rotatable bonds is 8. The van der Waals surface area contributed by atoms with Gasteiger partial charge in [-0.3, -0.25) is 9.59 Å². The van der Waals surface area contributed by atoms with Gasteiger partial charge in [0.1, 0.15) is 0 Å². The smallest absolute Gasteiger partial charge is 0.258 e. The van der Waals surface area contributed by atoms with Gasteiger partial charge in [-0.15, -0.1) is 0 Å². The third kappa shape index (κ3) is 5.24. The first kappa shape index (κ1) is 19.3. The van der Waals surface area contributed by atoms with Crippen LogP contribution in [0.25, 0.3) is 0 Å². The lowest BCUT2D eigenvalue weighted by Crippen LogP contribution is -2.36. The van der Waals surface area contributed by atoms with E-state index in [1.807, 2.05) is 38.1 Å². The van der Waals surface area contributed by atoms with Crippen LogP contribution in [-0.4, -0.2) is 32.1 Å². The number of benzene rings is 2. The Balaban J connectivity index is 1.83. The Hall–Kier alpha value is -3.02. The van der Waals surface area contributed by atoms with Gasteiger partial charge >= 0.3 is 0 Å². The summed E-state index contributed by atoms with van der Waals surface area (Å²) < 4.78 is 10.6. The van der Waals surface area contributed by atoms with E-state index in [-0.39, 0.29) is 25.0 Å². The van der Waals surface area contributed by atoms with Crippen LogP contribution in [0, 0.1) is 6.92 Å². The monoisotopic (exact) mass is 356 g/mol. The molecule has 0 aliphatic carbocycles. The van der Waals surface area contributed by atoms with E-state index in [0.29, 0.717) is 11.5 Å². The van der Waals surface area contributed by atoms with E-state index < -0.39 is 0 Å². The number of carbonyl (C=O) groups excluding carboxylic acids is 2. The predicted molar refractivity (Wildman–Crippen MR) is 101 cm³/mol. The van der Waals surface area contributed by atoms with Gasteiger partial charge in [0.25, 0.3) is 5.91 Å². The van der Waals surface area contributed by atoms with Crippen LogP contribution >= 0.6 is 0 Å². The lowest BCUT2D eigenvalue weighted by atomic mass is 10.1. The Kier molecular flexibility index (Phi) is 7.02. The molecule has 2 rings (SSSR count). The average molecular weight is 356 g/mol. The van der Waals surface area contributed by atoms with Gasteiger partial charge in [-0.25, -0.2) is 0 Å². The average Bonchev–Trinajstić information content (AvgIpc) is 2.66. The third-order valence-corrected chi connectivity index (χ3v) is 3.88. The number of carbonyl (C=O) groups is 2. The summed E-state index contributed by atoms with van der Waals surface area (Å²) in [5.41, 5.74) is 2.85. The van der Waals surface area contributed by atoms with E-state index in [1.54, 1.807) is 18.2 Å². The Morgan fingerprint density at radius 3 is 2.42 bits per heavy atom. The quantitative estimate of drug-likeness (QED) is 0.762. The largest absolute Gasteiger partial charge is 0.493 e. The molecule has 2 aromatic carbocycles. The van der Waals surface area contributed by atoms with E-state index in [2.05, 4.69) is 10.6 Å². The SMILES string of the molecule is CCc1cccc(C)c1NC(=O)CNC(=O)COc1ccccc1OC. The molecular formula is C20H24N2O4. The molecule has 0 atom stereocenters. The fourth-order valence-corrected chi connectivity index (χ4v) is 2.50. The van der Waals surface area contributed by atoms with Crippen LogP contribution in [0.1, 0.15) is 18.1 Å². The summed E-state index contributed by atoms with van der Waals surface area (Å²) in [4.78, 5) is 24.0. The van der Waals surface area contributed by atoms with Crippen molar-refractivity contribution in [2.45, 2.75) is 20.3 Å². The molecule has 0 aromatic heterocycles. The summed E-state index contributed by atoms with van der Waals surface area (Å²) in [6.07, 6.45) is 0.816. The number of hydrogen-bond acceptors (Lipinski definition) is 4. The minimum atomic E-state index is -0.383. The van der Waals surface area contributed by atoms with E-state index >= 15 is 0 Å². The molecular weight excluding hydrogens is 332 g/mol. The Morgan fingerprint density at radius 1 is 1.00 bits per heavy atom. The topological polar surface area (TPSA) is 76.7 Å². The molecule has 2 amide bonds. The van der Waals surface area contributed by atoms with Crippen LogP contribution in [0.3, 0.4) is 0 Å². The van der Waals surface area contributed by atoms with Gasteiger partial charge in [0.05, 0.1) is 13.7 Å². The summed E-state index contributed by atoms with van der Waals surface area (Å²) in [5, 5.41) is 5.41. The number of nitrogens with one attached hydrogen (secondary N) is 2. The summed E-state index contributed by atoms with van der Waals surface area (Å²) in [7, 11) is 1.53. The Labute approximate surface area is 153 Å². The molecule has 0 aliphatic heterocycles. The number of anilines is 1. The molecule has 0 fully saturated rings. The maximum Gasteiger partial charge on any atom is 0.258 e. The number of methoxy groups -OCH3 is 1. The second-order valence-corrected chi connectivity index (χ2v) is 5.73. The molecule has 138 valence electrons. The standard InChI is InChI=1S/C20H24N2O4/c1-4-15-9-7-8-14(2)20(15)22-18(23)12-21-19(24)13-26-17-11-6-5-10-16(17)25-3/h5-11H,4,12-13H2,1-3H3,(H,21,24)(H,22,23). The number of amides is 2. The zero-order valence-corrected chi connectivity index (χ0v) is 15.3. The summed E-state index contributed by atoms with van der Waals surface area (Å²) in [6.45, 7) is 3.65. The van der Waals surface area contributed by atoms with Gasteiger partial charge in [-0.05, 0) is 36.6 Å². The third-order valence-electron chi connectivity index (χ3n) is 3.88. The van der Waals surface area contributed by atoms with E-state index in [4.69, 9.17) is 9.47 Å². The van der Waals surface area contributed by atoms with Crippen molar-refractivity contribution in [3.05, 3.63) is 53.6 Å². The van der Waals surface area contributed by atoms with Crippen molar-refractivity contribution in [2.75, 3.05) is 25.6 Å². The fourth-order valence-electron chi connectivity index (χ4n) is 2.50. The minimum Gasteiger partial charge on any atom is -0.493 e. The molecule has 0 spiro atoms. The molecule has 0 heterocycles. The number of para-hydroxylation sites is 3. The second kappa shape index (κ2) is 9.46. The summed E-state index contributed by atoms with van der Waals surface area (Å²) in [5.74, 6) is 0.359. The Morgan fingerprint density at radius 2 is 1.73 bits per heavy atom. The zero-order valence-electron chi connectivity index (χ0n) is 15.3. The fraction of sp³-hybridized carbons (Fsp3) is 0.300. The normalized spacial score (nSPS) is 10.1. The molecule has 0 unspecified atom stereocenters. The highest BCUT2D eigenvalue weighted by atomic mass is 16.5. The molecule has 0 aliphatic rings. The van der Waals surface area contributed by atoms with Crippen molar-refractivity contribution in [1.29, 1.82) is 0 Å². The van der Waals surface area contributed by atoms with Crippen LogP contribution in [-0.2, 0) is 16.0 Å². The van der Waals surface area contributed by atoms with Gasteiger partial charge in [0.15, 0.2) is 18.1 Å². The van der Waals surface area contributed by atoms with Gasteiger partial charge in [0.2, 0.25) is 5.91 Å². The zero-order chi connectivity index (χ0) is 18.9. The van der Waals surface area contributed by atoms with Crippen LogP contribution in [0.4, 0.5) is 5.69 Å². The number of aryl methyl sites for hydroxylation is 2. The number of hydrogen-bond donors (Lipinski definition) is 2. The second-order valence-electron chi connectivity index (χ2n) is 5.73. The molecule has 0 radical (unpaired) electrons. The highest BCUT2D eigenvalue weighted by molar-refractivity contribution is 5.95.